The molecule has 1 amide bonds. The Morgan fingerprint density at radius 1 is 1.35 bits per heavy atom. The van der Waals surface area contributed by atoms with E-state index in [1.807, 2.05) is 10.3 Å². The average molecular weight is 333 g/mol. The molecule has 6 nitrogen and oxygen atoms in total. The van der Waals surface area contributed by atoms with Crippen LogP contribution in [0, 0.1) is 6.92 Å². The topological polar surface area (TPSA) is 68.5 Å². The molecule has 1 aliphatic heterocycles. The number of morpholine rings is 1. The molecule has 2 aliphatic rings. The second kappa shape index (κ2) is 6.05. The Hall–Kier alpha value is -1.73. The van der Waals surface area contributed by atoms with Gasteiger partial charge in [-0.2, -0.15) is 0 Å². The van der Waals surface area contributed by atoms with Gasteiger partial charge >= 0.3 is 0 Å². The first kappa shape index (κ1) is 14.8. The molecule has 0 spiro atoms. The third-order valence-corrected chi connectivity index (χ3v) is 5.55. The summed E-state index contributed by atoms with van der Waals surface area (Å²) in [5.74, 6) is 1.07. The summed E-state index contributed by atoms with van der Waals surface area (Å²) in [7, 11) is 0. The van der Waals surface area contributed by atoms with Crippen molar-refractivity contribution < 1.29 is 13.9 Å². The summed E-state index contributed by atoms with van der Waals surface area (Å²) >= 11 is 1.73. The van der Waals surface area contributed by atoms with Gasteiger partial charge in [0.2, 0.25) is 11.8 Å². The van der Waals surface area contributed by atoms with E-state index in [9.17, 15) is 4.79 Å². The second-order valence-electron chi connectivity index (χ2n) is 6.03. The first-order valence-electron chi connectivity index (χ1n) is 8.02. The molecule has 3 heterocycles. The number of aryl methyl sites for hydroxylation is 2. The van der Waals surface area contributed by atoms with Gasteiger partial charge in [0.15, 0.2) is 6.10 Å². The van der Waals surface area contributed by atoms with E-state index >= 15 is 0 Å². The lowest BCUT2D eigenvalue weighted by Crippen LogP contribution is -2.42. The molecule has 0 radical (unpaired) electrons. The fraction of sp³-hybridized carbons (Fsp3) is 0.562. The van der Waals surface area contributed by atoms with Crippen molar-refractivity contribution in [3.05, 3.63) is 33.2 Å². The normalized spacial score (nSPS) is 21.3. The first-order valence-corrected chi connectivity index (χ1v) is 8.90. The van der Waals surface area contributed by atoms with Crippen LogP contribution in [0.4, 0.5) is 0 Å². The van der Waals surface area contributed by atoms with Gasteiger partial charge in [-0.05, 0) is 31.2 Å². The van der Waals surface area contributed by atoms with Gasteiger partial charge in [0.1, 0.15) is 0 Å². The number of thiophene rings is 1. The molecule has 23 heavy (non-hydrogen) atoms. The quantitative estimate of drug-likeness (QED) is 0.845. The van der Waals surface area contributed by atoms with Crippen LogP contribution in [0.1, 0.15) is 51.5 Å². The number of nitrogens with zero attached hydrogens (tertiary/aromatic N) is 3. The third-order valence-electron chi connectivity index (χ3n) is 4.46. The van der Waals surface area contributed by atoms with E-state index < -0.39 is 0 Å². The fourth-order valence-electron chi connectivity index (χ4n) is 3.27. The van der Waals surface area contributed by atoms with Crippen LogP contribution in [0.2, 0.25) is 0 Å². The Balaban J connectivity index is 1.53. The molecule has 1 unspecified atom stereocenters. The smallest absolute Gasteiger partial charge is 0.255 e. The molecule has 2 aromatic heterocycles. The molecule has 7 heteroatoms. The standard InChI is InChI=1S/C16H19N3O3S/c1-10-17-18-15(22-10)13-8-19(6-7-21-13)16(20)12-9-23-14-5-3-2-4-11(12)14/h9,13H,2-8H2,1H3. The molecule has 0 N–H and O–H groups in total. The molecule has 0 aromatic carbocycles. The first-order chi connectivity index (χ1) is 11.2. The average Bonchev–Trinajstić information content (AvgIpc) is 3.20. The summed E-state index contributed by atoms with van der Waals surface area (Å²) in [4.78, 5) is 16.2. The Labute approximate surface area is 138 Å². The van der Waals surface area contributed by atoms with E-state index in [0.29, 0.717) is 31.5 Å². The van der Waals surface area contributed by atoms with Crippen molar-refractivity contribution in [1.29, 1.82) is 0 Å². The van der Waals surface area contributed by atoms with Crippen LogP contribution in [-0.2, 0) is 17.6 Å². The van der Waals surface area contributed by atoms with E-state index in [2.05, 4.69) is 10.2 Å². The number of hydrogen-bond donors (Lipinski definition) is 0. The minimum Gasteiger partial charge on any atom is -0.423 e. The van der Waals surface area contributed by atoms with Crippen molar-refractivity contribution in [2.45, 2.75) is 38.7 Å². The van der Waals surface area contributed by atoms with Gasteiger partial charge in [0.05, 0.1) is 18.7 Å². The van der Waals surface area contributed by atoms with E-state index in [-0.39, 0.29) is 12.0 Å². The zero-order chi connectivity index (χ0) is 15.8. The fourth-order valence-corrected chi connectivity index (χ4v) is 4.39. The van der Waals surface area contributed by atoms with Crippen molar-refractivity contribution >= 4 is 17.2 Å². The van der Waals surface area contributed by atoms with Gasteiger partial charge in [0, 0.05) is 23.7 Å². The van der Waals surface area contributed by atoms with Crippen LogP contribution in [0.25, 0.3) is 0 Å². The SMILES string of the molecule is Cc1nnc(C2CN(C(=O)c3csc4c3CCCC4)CCO2)o1. The minimum atomic E-state index is -0.330. The van der Waals surface area contributed by atoms with Gasteiger partial charge in [-0.25, -0.2) is 0 Å². The van der Waals surface area contributed by atoms with E-state index in [0.717, 1.165) is 18.4 Å². The number of fused-ring (bicyclic) bond motifs is 1. The highest BCUT2D eigenvalue weighted by Crippen LogP contribution is 2.32. The summed E-state index contributed by atoms with van der Waals surface area (Å²) < 4.78 is 11.1. The third kappa shape index (κ3) is 2.79. The number of carbonyl (C=O) groups is 1. The molecule has 0 saturated carbocycles. The molecule has 122 valence electrons. The highest BCUT2D eigenvalue weighted by atomic mass is 32.1. The molecular weight excluding hydrogens is 314 g/mol. The summed E-state index contributed by atoms with van der Waals surface area (Å²) in [5.41, 5.74) is 2.15. The van der Waals surface area contributed by atoms with E-state index in [4.69, 9.17) is 9.15 Å². The number of ether oxygens (including phenoxy) is 1. The molecule has 0 bridgehead atoms. The van der Waals surface area contributed by atoms with Crippen LogP contribution in [0.15, 0.2) is 9.80 Å². The molecule has 1 aliphatic carbocycles. The van der Waals surface area contributed by atoms with Gasteiger partial charge in [-0.1, -0.05) is 0 Å². The molecule has 1 fully saturated rings. The number of amides is 1. The molecule has 2 aromatic rings. The van der Waals surface area contributed by atoms with Crippen LogP contribution < -0.4 is 0 Å². The molecule has 1 atom stereocenters. The lowest BCUT2D eigenvalue weighted by molar-refractivity contribution is -0.0349. The van der Waals surface area contributed by atoms with E-state index in [1.165, 1.54) is 23.3 Å². The van der Waals surface area contributed by atoms with Gasteiger partial charge in [-0.15, -0.1) is 21.5 Å². The maximum Gasteiger partial charge on any atom is 0.255 e. The van der Waals surface area contributed by atoms with Crippen LogP contribution >= 0.6 is 11.3 Å². The van der Waals surface area contributed by atoms with Crippen molar-refractivity contribution in [3.63, 3.8) is 0 Å². The van der Waals surface area contributed by atoms with Crippen LogP contribution in [0.3, 0.4) is 0 Å². The van der Waals surface area contributed by atoms with E-state index in [1.54, 1.807) is 18.3 Å². The molecule has 1 saturated heterocycles. The zero-order valence-corrected chi connectivity index (χ0v) is 13.9. The highest BCUT2D eigenvalue weighted by molar-refractivity contribution is 7.10. The predicted molar refractivity (Wildman–Crippen MR) is 84.6 cm³/mol. The van der Waals surface area contributed by atoms with Crippen molar-refractivity contribution in [3.8, 4) is 0 Å². The van der Waals surface area contributed by atoms with Gasteiger partial charge < -0.3 is 14.1 Å². The van der Waals surface area contributed by atoms with Crippen molar-refractivity contribution in [2.75, 3.05) is 19.7 Å². The Kier molecular flexibility index (Phi) is 3.90. The maximum atomic E-state index is 12.9. The van der Waals surface area contributed by atoms with Crippen LogP contribution in [-0.4, -0.2) is 40.7 Å². The summed E-state index contributed by atoms with van der Waals surface area (Å²) in [6.45, 7) is 3.31. The summed E-state index contributed by atoms with van der Waals surface area (Å²) in [6.07, 6.45) is 4.22. The van der Waals surface area contributed by atoms with Gasteiger partial charge in [-0.3, -0.25) is 4.79 Å². The van der Waals surface area contributed by atoms with Crippen molar-refractivity contribution in [1.82, 2.24) is 15.1 Å². The monoisotopic (exact) mass is 333 g/mol. The number of carbonyl (C=O) groups excluding carboxylic acids is 1. The minimum absolute atomic E-state index is 0.105. The molecule has 4 rings (SSSR count). The van der Waals surface area contributed by atoms with Crippen LogP contribution in [0.5, 0.6) is 0 Å². The Bertz CT molecular complexity index is 724. The highest BCUT2D eigenvalue weighted by Gasteiger charge is 2.31. The largest absolute Gasteiger partial charge is 0.423 e. The van der Waals surface area contributed by atoms with Gasteiger partial charge in [0.25, 0.3) is 5.91 Å². The number of rotatable bonds is 2. The number of aromatic nitrogens is 2. The summed E-state index contributed by atoms with van der Waals surface area (Å²) in [6, 6.07) is 0. The maximum absolute atomic E-state index is 12.9. The Morgan fingerprint density at radius 3 is 3.04 bits per heavy atom. The zero-order valence-electron chi connectivity index (χ0n) is 13.1. The molecular formula is C16H19N3O3S. The van der Waals surface area contributed by atoms with Crippen molar-refractivity contribution in [2.24, 2.45) is 0 Å². The second-order valence-corrected chi connectivity index (χ2v) is 6.99. The lowest BCUT2D eigenvalue weighted by Gasteiger charge is -2.31. The number of hydrogen-bond acceptors (Lipinski definition) is 6. The summed E-state index contributed by atoms with van der Waals surface area (Å²) in [5, 5.41) is 9.89. The lowest BCUT2D eigenvalue weighted by atomic mass is 9.95. The predicted octanol–water partition coefficient (Wildman–Crippen LogP) is 2.53. The Morgan fingerprint density at radius 2 is 2.22 bits per heavy atom.